The molecule has 0 atom stereocenters. The molecule has 0 radical (unpaired) electrons. The number of carbonyl (C=O) groups excluding carboxylic acids is 1. The zero-order valence-corrected chi connectivity index (χ0v) is 20.3. The maximum absolute atomic E-state index is 13.4. The molecule has 3 aromatic rings. The molecule has 0 spiro atoms. The first-order valence-corrected chi connectivity index (χ1v) is 12.9. The van der Waals surface area contributed by atoms with Crippen LogP contribution in [-0.4, -0.2) is 33.2 Å². The number of carbonyl (C=O) groups is 1. The topological polar surface area (TPSA) is 66.5 Å². The van der Waals surface area contributed by atoms with Crippen molar-refractivity contribution in [2.24, 2.45) is 0 Å². The fourth-order valence-electron chi connectivity index (χ4n) is 2.97. The van der Waals surface area contributed by atoms with Gasteiger partial charge in [-0.05, 0) is 50.2 Å². The molecule has 0 saturated carbocycles. The summed E-state index contributed by atoms with van der Waals surface area (Å²) in [5, 5.41) is 3.06. The number of sulfonamides is 1. The van der Waals surface area contributed by atoms with Gasteiger partial charge in [0.2, 0.25) is 5.91 Å². The first-order valence-electron chi connectivity index (χ1n) is 10.1. The number of nitrogens with zero attached hydrogens (tertiary/aromatic N) is 1. The average molecular weight is 489 g/mol. The summed E-state index contributed by atoms with van der Waals surface area (Å²) in [4.78, 5) is 13.9. The summed E-state index contributed by atoms with van der Waals surface area (Å²) in [6.07, 6.45) is 0. The summed E-state index contributed by atoms with van der Waals surface area (Å²) in [6.45, 7) is 3.96. The molecular weight excluding hydrogens is 464 g/mol. The molecule has 0 aliphatic heterocycles. The number of para-hydroxylation sites is 1. The molecule has 0 unspecified atom stereocenters. The molecule has 0 heterocycles. The normalized spacial score (nSPS) is 11.2. The van der Waals surface area contributed by atoms with E-state index in [2.05, 4.69) is 5.32 Å². The van der Waals surface area contributed by atoms with E-state index in [1.54, 1.807) is 48.2 Å². The SMILES string of the molecule is Cc1ccc(SCCNC(=O)CN(c2ccccc2Cl)S(=O)(=O)c2ccc(C)cc2)cc1. The molecule has 3 rings (SSSR count). The highest BCUT2D eigenvalue weighted by Gasteiger charge is 2.28. The van der Waals surface area contributed by atoms with Gasteiger partial charge in [-0.2, -0.15) is 0 Å². The molecule has 3 aromatic carbocycles. The van der Waals surface area contributed by atoms with E-state index >= 15 is 0 Å². The average Bonchev–Trinajstić information content (AvgIpc) is 2.77. The van der Waals surface area contributed by atoms with Crippen LogP contribution >= 0.6 is 23.4 Å². The summed E-state index contributed by atoms with van der Waals surface area (Å²) in [5.74, 6) is 0.274. The van der Waals surface area contributed by atoms with Crippen molar-refractivity contribution in [1.29, 1.82) is 0 Å². The highest BCUT2D eigenvalue weighted by atomic mass is 35.5. The first kappa shape index (κ1) is 24.2. The monoisotopic (exact) mass is 488 g/mol. The van der Waals surface area contributed by atoms with Gasteiger partial charge in [0.15, 0.2) is 0 Å². The van der Waals surface area contributed by atoms with Crippen LogP contribution in [0.2, 0.25) is 5.02 Å². The zero-order chi connectivity index (χ0) is 23.1. The summed E-state index contributed by atoms with van der Waals surface area (Å²) >= 11 is 7.91. The lowest BCUT2D eigenvalue weighted by molar-refractivity contribution is -0.119. The van der Waals surface area contributed by atoms with Gasteiger partial charge in [0.05, 0.1) is 15.6 Å². The standard InChI is InChI=1S/C24H25ClN2O3S2/c1-18-7-11-20(12-8-18)31-16-15-26-24(28)17-27(23-6-4-3-5-22(23)25)32(29,30)21-13-9-19(2)10-14-21/h3-14H,15-17H2,1-2H3,(H,26,28). The van der Waals surface area contributed by atoms with Crippen molar-refractivity contribution in [2.75, 3.05) is 23.1 Å². The largest absolute Gasteiger partial charge is 0.354 e. The molecule has 1 amide bonds. The smallest absolute Gasteiger partial charge is 0.264 e. The molecule has 0 aliphatic rings. The van der Waals surface area contributed by atoms with Crippen LogP contribution in [0.5, 0.6) is 0 Å². The molecule has 1 N–H and O–H groups in total. The predicted octanol–water partition coefficient (Wildman–Crippen LogP) is 5.06. The second-order valence-electron chi connectivity index (χ2n) is 7.29. The number of amides is 1. The van der Waals surface area contributed by atoms with E-state index in [0.29, 0.717) is 12.3 Å². The molecule has 5 nitrogen and oxygen atoms in total. The van der Waals surface area contributed by atoms with Gasteiger partial charge in [0, 0.05) is 17.2 Å². The molecule has 32 heavy (non-hydrogen) atoms. The third-order valence-electron chi connectivity index (χ3n) is 4.73. The number of halogens is 1. The van der Waals surface area contributed by atoms with E-state index < -0.39 is 15.9 Å². The minimum atomic E-state index is -3.98. The highest BCUT2D eigenvalue weighted by Crippen LogP contribution is 2.30. The van der Waals surface area contributed by atoms with Crippen LogP contribution < -0.4 is 9.62 Å². The van der Waals surface area contributed by atoms with Gasteiger partial charge in [-0.15, -0.1) is 11.8 Å². The summed E-state index contributed by atoms with van der Waals surface area (Å²) in [7, 11) is -3.98. The number of aryl methyl sites for hydroxylation is 2. The minimum absolute atomic E-state index is 0.103. The zero-order valence-electron chi connectivity index (χ0n) is 17.9. The van der Waals surface area contributed by atoms with Gasteiger partial charge in [-0.25, -0.2) is 8.42 Å². The van der Waals surface area contributed by atoms with Crippen LogP contribution in [0, 0.1) is 13.8 Å². The van der Waals surface area contributed by atoms with E-state index in [1.165, 1.54) is 17.7 Å². The van der Waals surface area contributed by atoms with E-state index in [9.17, 15) is 13.2 Å². The lowest BCUT2D eigenvalue weighted by Gasteiger charge is -2.25. The number of anilines is 1. The van der Waals surface area contributed by atoms with E-state index in [0.717, 1.165) is 14.8 Å². The minimum Gasteiger partial charge on any atom is -0.354 e. The molecular formula is C24H25ClN2O3S2. The molecule has 0 saturated heterocycles. The van der Waals surface area contributed by atoms with Gasteiger partial charge in [-0.3, -0.25) is 9.10 Å². The van der Waals surface area contributed by atoms with Crippen LogP contribution in [0.4, 0.5) is 5.69 Å². The maximum atomic E-state index is 13.4. The molecule has 0 fully saturated rings. The van der Waals surface area contributed by atoms with Crippen molar-refractivity contribution in [3.05, 3.63) is 88.9 Å². The van der Waals surface area contributed by atoms with Crippen molar-refractivity contribution in [1.82, 2.24) is 5.32 Å². The third kappa shape index (κ3) is 6.28. The molecule has 0 bridgehead atoms. The second kappa shape index (κ2) is 10.9. The fourth-order valence-corrected chi connectivity index (χ4v) is 5.47. The number of hydrogen-bond acceptors (Lipinski definition) is 4. The van der Waals surface area contributed by atoms with Crippen LogP contribution in [0.1, 0.15) is 11.1 Å². The Bertz CT molecular complexity index is 1160. The quantitative estimate of drug-likeness (QED) is 0.337. The molecule has 168 valence electrons. The van der Waals surface area contributed by atoms with Crippen LogP contribution in [0.3, 0.4) is 0 Å². The van der Waals surface area contributed by atoms with Gasteiger partial charge in [0.1, 0.15) is 6.54 Å². The van der Waals surface area contributed by atoms with Crippen LogP contribution in [-0.2, 0) is 14.8 Å². The highest BCUT2D eigenvalue weighted by molar-refractivity contribution is 7.99. The Hall–Kier alpha value is -2.48. The molecule has 0 aliphatic carbocycles. The van der Waals surface area contributed by atoms with Crippen molar-refractivity contribution in [3.63, 3.8) is 0 Å². The Morgan fingerprint density at radius 3 is 2.16 bits per heavy atom. The predicted molar refractivity (Wildman–Crippen MR) is 132 cm³/mol. The number of nitrogens with one attached hydrogen (secondary N) is 1. The lowest BCUT2D eigenvalue weighted by Crippen LogP contribution is -2.41. The number of benzene rings is 3. The van der Waals surface area contributed by atoms with E-state index in [-0.39, 0.29) is 22.2 Å². The lowest BCUT2D eigenvalue weighted by atomic mass is 10.2. The number of hydrogen-bond donors (Lipinski definition) is 1. The van der Waals surface area contributed by atoms with Crippen LogP contribution in [0.15, 0.2) is 82.6 Å². The van der Waals surface area contributed by atoms with E-state index in [4.69, 9.17) is 11.6 Å². The Kier molecular flexibility index (Phi) is 8.23. The van der Waals surface area contributed by atoms with Crippen molar-refractivity contribution < 1.29 is 13.2 Å². The fraction of sp³-hybridized carbons (Fsp3) is 0.208. The Balaban J connectivity index is 1.71. The van der Waals surface area contributed by atoms with Crippen molar-refractivity contribution in [3.8, 4) is 0 Å². The molecule has 0 aromatic heterocycles. The first-order chi connectivity index (χ1) is 15.3. The van der Waals surface area contributed by atoms with Crippen molar-refractivity contribution in [2.45, 2.75) is 23.6 Å². The Morgan fingerprint density at radius 2 is 1.53 bits per heavy atom. The van der Waals surface area contributed by atoms with Gasteiger partial charge < -0.3 is 5.32 Å². The summed E-state index contributed by atoms with van der Waals surface area (Å²) in [6, 6.07) is 21.3. The maximum Gasteiger partial charge on any atom is 0.264 e. The van der Waals surface area contributed by atoms with Gasteiger partial charge in [0.25, 0.3) is 10.0 Å². The third-order valence-corrected chi connectivity index (χ3v) is 7.84. The van der Waals surface area contributed by atoms with Gasteiger partial charge in [-0.1, -0.05) is 59.1 Å². The Labute approximate surface area is 198 Å². The Morgan fingerprint density at radius 1 is 0.938 bits per heavy atom. The number of rotatable bonds is 9. The summed E-state index contributed by atoms with van der Waals surface area (Å²) in [5.41, 5.74) is 2.40. The summed E-state index contributed by atoms with van der Waals surface area (Å²) < 4.78 is 27.8. The second-order valence-corrected chi connectivity index (χ2v) is 10.7. The van der Waals surface area contributed by atoms with Crippen molar-refractivity contribution >= 4 is 45.0 Å². The van der Waals surface area contributed by atoms with Crippen LogP contribution in [0.25, 0.3) is 0 Å². The van der Waals surface area contributed by atoms with E-state index in [1.807, 2.05) is 38.1 Å². The van der Waals surface area contributed by atoms with Gasteiger partial charge >= 0.3 is 0 Å². The molecule has 8 heteroatoms. The number of thioether (sulfide) groups is 1.